The Kier molecular flexibility index (Phi) is 3.32. The summed E-state index contributed by atoms with van der Waals surface area (Å²) < 4.78 is 11.1. The van der Waals surface area contributed by atoms with Crippen molar-refractivity contribution in [3.05, 3.63) is 58.6 Å². The van der Waals surface area contributed by atoms with Gasteiger partial charge < -0.3 is 14.6 Å². The van der Waals surface area contributed by atoms with Crippen molar-refractivity contribution in [3.63, 3.8) is 0 Å². The van der Waals surface area contributed by atoms with Gasteiger partial charge in [-0.2, -0.15) is 0 Å². The van der Waals surface area contributed by atoms with Gasteiger partial charge in [-0.3, -0.25) is 0 Å². The molecule has 0 saturated carbocycles. The molecule has 0 saturated heterocycles. The van der Waals surface area contributed by atoms with Gasteiger partial charge in [0.2, 0.25) is 0 Å². The highest BCUT2D eigenvalue weighted by Crippen LogP contribution is 2.35. The third-order valence-corrected chi connectivity index (χ3v) is 3.46. The second-order valence-corrected chi connectivity index (χ2v) is 4.81. The lowest BCUT2D eigenvalue weighted by molar-refractivity contribution is 0.140. The maximum atomic E-state index is 9.63. The van der Waals surface area contributed by atoms with Crippen LogP contribution >= 0.6 is 11.6 Å². The van der Waals surface area contributed by atoms with Gasteiger partial charge in [0.25, 0.3) is 0 Å². The summed E-state index contributed by atoms with van der Waals surface area (Å²) in [4.78, 5) is 0. The van der Waals surface area contributed by atoms with Gasteiger partial charge >= 0.3 is 0 Å². The number of aliphatic hydroxyl groups is 1. The summed E-state index contributed by atoms with van der Waals surface area (Å²) in [7, 11) is 0. The number of hydrogen-bond acceptors (Lipinski definition) is 3. The Morgan fingerprint density at radius 2 is 2.11 bits per heavy atom. The number of halogens is 1. The fraction of sp³-hybridized carbons (Fsp3) is 0.200. The van der Waals surface area contributed by atoms with E-state index in [9.17, 15) is 5.11 Å². The maximum Gasteiger partial charge on any atom is 0.129 e. The Hall–Kier alpha value is -1.71. The molecule has 0 spiro atoms. The van der Waals surface area contributed by atoms with Gasteiger partial charge in [0.15, 0.2) is 0 Å². The van der Waals surface area contributed by atoms with Gasteiger partial charge in [-0.25, -0.2) is 0 Å². The summed E-state index contributed by atoms with van der Waals surface area (Å²) in [5.41, 5.74) is 1.75. The molecule has 1 unspecified atom stereocenters. The first-order valence-electron chi connectivity index (χ1n) is 6.05. The third kappa shape index (κ3) is 2.53. The Balaban J connectivity index is 1.73. The summed E-state index contributed by atoms with van der Waals surface area (Å²) in [6.07, 6.45) is -0.535. The zero-order chi connectivity index (χ0) is 13.2. The molecule has 0 aromatic heterocycles. The molecule has 0 radical (unpaired) electrons. The van der Waals surface area contributed by atoms with Gasteiger partial charge in [-0.15, -0.1) is 0 Å². The molecule has 1 aliphatic heterocycles. The average molecular weight is 277 g/mol. The number of hydrogen-bond donors (Lipinski definition) is 1. The molecule has 0 aliphatic carbocycles. The van der Waals surface area contributed by atoms with E-state index >= 15 is 0 Å². The van der Waals surface area contributed by atoms with Gasteiger partial charge in [0.05, 0.1) is 0 Å². The summed E-state index contributed by atoms with van der Waals surface area (Å²) in [5, 5.41) is 10.3. The summed E-state index contributed by atoms with van der Waals surface area (Å²) in [5.74, 6) is 1.39. The maximum absolute atomic E-state index is 9.63. The number of fused-ring (bicyclic) bond motifs is 1. The van der Waals surface area contributed by atoms with Crippen LogP contribution in [0.5, 0.6) is 11.5 Å². The van der Waals surface area contributed by atoms with Crippen LogP contribution in [0, 0.1) is 0 Å². The number of rotatable bonds is 3. The molecular weight excluding hydrogens is 264 g/mol. The molecule has 1 atom stereocenters. The molecule has 2 aromatic carbocycles. The number of ether oxygens (including phenoxy) is 2. The molecule has 2 aromatic rings. The van der Waals surface area contributed by atoms with E-state index in [0.29, 0.717) is 29.7 Å². The van der Waals surface area contributed by atoms with E-state index in [0.717, 1.165) is 11.1 Å². The molecule has 3 rings (SSSR count). The molecule has 1 aliphatic rings. The van der Waals surface area contributed by atoms with Crippen molar-refractivity contribution in [2.75, 3.05) is 6.61 Å². The van der Waals surface area contributed by atoms with Crippen molar-refractivity contribution >= 4 is 11.6 Å². The van der Waals surface area contributed by atoms with E-state index < -0.39 is 6.10 Å². The Bertz CT molecular complexity index is 598. The van der Waals surface area contributed by atoms with Crippen molar-refractivity contribution in [2.24, 2.45) is 0 Å². The van der Waals surface area contributed by atoms with Crippen LogP contribution < -0.4 is 9.47 Å². The van der Waals surface area contributed by atoms with Crippen LogP contribution in [0.4, 0.5) is 0 Å². The van der Waals surface area contributed by atoms with E-state index in [1.54, 1.807) is 6.07 Å². The fourth-order valence-corrected chi connectivity index (χ4v) is 2.23. The highest BCUT2D eigenvalue weighted by atomic mass is 35.5. The molecule has 0 bridgehead atoms. The Morgan fingerprint density at radius 3 is 2.95 bits per heavy atom. The predicted molar refractivity (Wildman–Crippen MR) is 72.7 cm³/mol. The summed E-state index contributed by atoms with van der Waals surface area (Å²) >= 11 is 6.07. The van der Waals surface area contributed by atoms with Crippen LogP contribution in [-0.4, -0.2) is 11.7 Å². The lowest BCUT2D eigenvalue weighted by Gasteiger charge is -2.09. The second kappa shape index (κ2) is 5.11. The summed E-state index contributed by atoms with van der Waals surface area (Å²) in [6.45, 7) is 0.713. The molecule has 19 heavy (non-hydrogen) atoms. The molecule has 98 valence electrons. The van der Waals surface area contributed by atoms with Gasteiger partial charge in [-0.1, -0.05) is 29.8 Å². The van der Waals surface area contributed by atoms with Crippen LogP contribution in [-0.2, 0) is 6.61 Å². The van der Waals surface area contributed by atoms with E-state index in [-0.39, 0.29) is 0 Å². The smallest absolute Gasteiger partial charge is 0.129 e. The van der Waals surface area contributed by atoms with Crippen LogP contribution in [0.3, 0.4) is 0 Å². The summed E-state index contributed by atoms with van der Waals surface area (Å²) in [6, 6.07) is 13.0. The SMILES string of the molecule is OC1COc2cc(OCc3ccccc3Cl)ccc21. The van der Waals surface area contributed by atoms with E-state index in [1.165, 1.54) is 0 Å². The normalized spacial score (nSPS) is 16.8. The fourth-order valence-electron chi connectivity index (χ4n) is 2.04. The predicted octanol–water partition coefficient (Wildman–Crippen LogP) is 3.34. The van der Waals surface area contributed by atoms with Crippen molar-refractivity contribution in [3.8, 4) is 11.5 Å². The van der Waals surface area contributed by atoms with Crippen LogP contribution in [0.1, 0.15) is 17.2 Å². The zero-order valence-corrected chi connectivity index (χ0v) is 10.9. The first-order valence-corrected chi connectivity index (χ1v) is 6.43. The molecular formula is C15H13ClO3. The minimum atomic E-state index is -0.535. The van der Waals surface area contributed by atoms with Crippen LogP contribution in [0.25, 0.3) is 0 Å². The van der Waals surface area contributed by atoms with E-state index in [2.05, 4.69) is 0 Å². The standard InChI is InChI=1S/C15H13ClO3/c16-13-4-2-1-3-10(13)8-18-11-5-6-12-14(17)9-19-15(12)7-11/h1-7,14,17H,8-9H2. The third-order valence-electron chi connectivity index (χ3n) is 3.09. The highest BCUT2D eigenvalue weighted by molar-refractivity contribution is 6.31. The van der Waals surface area contributed by atoms with Crippen molar-refractivity contribution in [1.82, 2.24) is 0 Å². The van der Waals surface area contributed by atoms with Crippen molar-refractivity contribution in [1.29, 1.82) is 0 Å². The molecule has 3 nitrogen and oxygen atoms in total. The molecule has 4 heteroatoms. The first kappa shape index (κ1) is 12.3. The first-order chi connectivity index (χ1) is 9.24. The second-order valence-electron chi connectivity index (χ2n) is 4.41. The topological polar surface area (TPSA) is 38.7 Å². The van der Waals surface area contributed by atoms with Crippen molar-refractivity contribution in [2.45, 2.75) is 12.7 Å². The van der Waals surface area contributed by atoms with Crippen LogP contribution in [0.15, 0.2) is 42.5 Å². The minimum Gasteiger partial charge on any atom is -0.490 e. The lowest BCUT2D eigenvalue weighted by Crippen LogP contribution is -1.97. The largest absolute Gasteiger partial charge is 0.490 e. The number of benzene rings is 2. The Morgan fingerprint density at radius 1 is 1.26 bits per heavy atom. The lowest BCUT2D eigenvalue weighted by atomic mass is 10.1. The Labute approximate surface area is 116 Å². The molecule has 1 N–H and O–H groups in total. The zero-order valence-electron chi connectivity index (χ0n) is 10.2. The van der Waals surface area contributed by atoms with Crippen molar-refractivity contribution < 1.29 is 14.6 Å². The monoisotopic (exact) mass is 276 g/mol. The van der Waals surface area contributed by atoms with Gasteiger partial charge in [0, 0.05) is 22.2 Å². The van der Waals surface area contributed by atoms with Gasteiger partial charge in [0.1, 0.15) is 30.8 Å². The highest BCUT2D eigenvalue weighted by Gasteiger charge is 2.22. The molecule has 0 fully saturated rings. The van der Waals surface area contributed by atoms with Crippen LogP contribution in [0.2, 0.25) is 5.02 Å². The average Bonchev–Trinajstić information content (AvgIpc) is 2.79. The molecule has 0 amide bonds. The quantitative estimate of drug-likeness (QED) is 0.934. The van der Waals surface area contributed by atoms with Gasteiger partial charge in [-0.05, 0) is 18.2 Å². The molecule has 1 heterocycles. The number of aliphatic hydroxyl groups excluding tert-OH is 1. The van der Waals surface area contributed by atoms with E-state index in [1.807, 2.05) is 36.4 Å². The minimum absolute atomic E-state index is 0.309. The van der Waals surface area contributed by atoms with E-state index in [4.69, 9.17) is 21.1 Å².